The van der Waals surface area contributed by atoms with Crippen LogP contribution >= 0.6 is 34.5 Å². The average Bonchev–Trinajstić information content (AvgIpc) is 2.68. The lowest BCUT2D eigenvalue weighted by molar-refractivity contribution is 0.577. The van der Waals surface area contributed by atoms with Gasteiger partial charge in [-0.1, -0.05) is 23.2 Å². The third kappa shape index (κ3) is 2.76. The molecule has 2 aromatic rings. The predicted octanol–water partition coefficient (Wildman–Crippen LogP) is 4.16. The number of hydrogen-bond acceptors (Lipinski definition) is 3. The van der Waals surface area contributed by atoms with Gasteiger partial charge >= 0.3 is 0 Å². The summed E-state index contributed by atoms with van der Waals surface area (Å²) in [6.07, 6.45) is 0. The van der Waals surface area contributed by atoms with Gasteiger partial charge in [-0.3, -0.25) is 4.31 Å². The predicted molar refractivity (Wildman–Crippen MR) is 76.3 cm³/mol. The van der Waals surface area contributed by atoms with Crippen molar-refractivity contribution in [1.29, 1.82) is 0 Å². The van der Waals surface area contributed by atoms with Crippen LogP contribution in [0.15, 0.2) is 29.2 Å². The molecule has 0 unspecified atom stereocenters. The highest BCUT2D eigenvalue weighted by Crippen LogP contribution is 2.37. The molecule has 1 aromatic heterocycles. The SMILES string of the molecule is CN(c1ccc(F)cc1F)S(=O)(=O)c1cc(Cl)sc1Cl. The number of thiophene rings is 1. The van der Waals surface area contributed by atoms with Gasteiger partial charge in [0.05, 0.1) is 10.0 Å². The van der Waals surface area contributed by atoms with Gasteiger partial charge in [0, 0.05) is 13.1 Å². The minimum atomic E-state index is -4.07. The van der Waals surface area contributed by atoms with E-state index >= 15 is 0 Å². The normalized spacial score (nSPS) is 11.7. The van der Waals surface area contributed by atoms with Crippen LogP contribution < -0.4 is 4.31 Å². The molecular weight excluding hydrogens is 351 g/mol. The van der Waals surface area contributed by atoms with E-state index in [1.807, 2.05) is 0 Å². The Morgan fingerprint density at radius 1 is 1.20 bits per heavy atom. The second-order valence-electron chi connectivity index (χ2n) is 3.76. The van der Waals surface area contributed by atoms with E-state index in [1.54, 1.807) is 0 Å². The first-order valence-corrected chi connectivity index (χ1v) is 8.13. The molecule has 108 valence electrons. The monoisotopic (exact) mass is 357 g/mol. The zero-order chi connectivity index (χ0) is 15.1. The first kappa shape index (κ1) is 15.5. The Hall–Kier alpha value is -0.890. The molecule has 0 atom stereocenters. The number of halogens is 4. The molecule has 0 aliphatic heterocycles. The van der Waals surface area contributed by atoms with Crippen LogP contribution in [-0.2, 0) is 10.0 Å². The van der Waals surface area contributed by atoms with E-state index in [4.69, 9.17) is 23.2 Å². The van der Waals surface area contributed by atoms with Crippen molar-refractivity contribution < 1.29 is 17.2 Å². The van der Waals surface area contributed by atoms with Gasteiger partial charge in [0.1, 0.15) is 20.9 Å². The fraction of sp³-hybridized carbons (Fsp3) is 0.0909. The molecule has 20 heavy (non-hydrogen) atoms. The van der Waals surface area contributed by atoms with E-state index in [1.165, 1.54) is 6.07 Å². The van der Waals surface area contributed by atoms with Crippen molar-refractivity contribution >= 4 is 50.2 Å². The molecular formula is C11H7Cl2F2NO2S2. The number of anilines is 1. The van der Waals surface area contributed by atoms with Gasteiger partial charge in [-0.05, 0) is 18.2 Å². The fourth-order valence-corrected chi connectivity index (χ4v) is 4.83. The third-order valence-electron chi connectivity index (χ3n) is 2.51. The number of hydrogen-bond donors (Lipinski definition) is 0. The van der Waals surface area contributed by atoms with Crippen LogP contribution in [0.4, 0.5) is 14.5 Å². The van der Waals surface area contributed by atoms with E-state index in [-0.39, 0.29) is 19.3 Å². The van der Waals surface area contributed by atoms with Crippen LogP contribution in [0.5, 0.6) is 0 Å². The average molecular weight is 358 g/mol. The Morgan fingerprint density at radius 2 is 1.85 bits per heavy atom. The zero-order valence-electron chi connectivity index (χ0n) is 9.90. The van der Waals surface area contributed by atoms with Crippen LogP contribution in [0.2, 0.25) is 8.67 Å². The van der Waals surface area contributed by atoms with E-state index in [0.29, 0.717) is 10.4 Å². The van der Waals surface area contributed by atoms with E-state index < -0.39 is 21.7 Å². The van der Waals surface area contributed by atoms with Crippen LogP contribution in [0, 0.1) is 11.6 Å². The number of nitrogens with zero attached hydrogens (tertiary/aromatic N) is 1. The number of sulfonamides is 1. The summed E-state index contributed by atoms with van der Waals surface area (Å²) in [4.78, 5) is -0.222. The maximum absolute atomic E-state index is 13.7. The first-order chi connectivity index (χ1) is 9.23. The van der Waals surface area contributed by atoms with Crippen molar-refractivity contribution in [3.63, 3.8) is 0 Å². The second kappa shape index (κ2) is 5.48. The number of rotatable bonds is 3. The summed E-state index contributed by atoms with van der Waals surface area (Å²) in [5, 5.41) is 0. The highest BCUT2D eigenvalue weighted by Gasteiger charge is 2.27. The molecule has 0 aliphatic carbocycles. The number of benzene rings is 1. The van der Waals surface area contributed by atoms with Crippen molar-refractivity contribution in [1.82, 2.24) is 0 Å². The fourth-order valence-electron chi connectivity index (χ4n) is 1.51. The zero-order valence-corrected chi connectivity index (χ0v) is 13.0. The molecule has 0 amide bonds. The van der Waals surface area contributed by atoms with Crippen molar-refractivity contribution in [2.45, 2.75) is 4.90 Å². The molecule has 0 radical (unpaired) electrons. The lowest BCUT2D eigenvalue weighted by Crippen LogP contribution is -2.27. The summed E-state index contributed by atoms with van der Waals surface area (Å²) >= 11 is 12.4. The largest absolute Gasteiger partial charge is 0.266 e. The summed E-state index contributed by atoms with van der Waals surface area (Å²) in [6.45, 7) is 0. The molecule has 1 heterocycles. The topological polar surface area (TPSA) is 37.4 Å². The molecule has 0 saturated heterocycles. The molecule has 9 heteroatoms. The molecule has 0 N–H and O–H groups in total. The van der Waals surface area contributed by atoms with Gasteiger partial charge in [-0.25, -0.2) is 17.2 Å². The van der Waals surface area contributed by atoms with Crippen LogP contribution in [0.25, 0.3) is 0 Å². The Morgan fingerprint density at radius 3 is 2.35 bits per heavy atom. The quantitative estimate of drug-likeness (QED) is 0.826. The van der Waals surface area contributed by atoms with Crippen molar-refractivity contribution in [3.8, 4) is 0 Å². The van der Waals surface area contributed by atoms with Crippen molar-refractivity contribution in [3.05, 3.63) is 44.6 Å². The molecule has 0 fully saturated rings. The van der Waals surface area contributed by atoms with Crippen LogP contribution in [0.3, 0.4) is 0 Å². The van der Waals surface area contributed by atoms with Gasteiger partial charge < -0.3 is 0 Å². The van der Waals surface area contributed by atoms with Gasteiger partial charge in [-0.15, -0.1) is 11.3 Å². The highest BCUT2D eigenvalue weighted by atomic mass is 35.5. The minimum Gasteiger partial charge on any atom is -0.266 e. The van der Waals surface area contributed by atoms with E-state index in [2.05, 4.69) is 0 Å². The lowest BCUT2D eigenvalue weighted by atomic mass is 10.3. The van der Waals surface area contributed by atoms with E-state index in [0.717, 1.165) is 30.5 Å². The lowest BCUT2D eigenvalue weighted by Gasteiger charge is -2.19. The Bertz CT molecular complexity index is 762. The standard InChI is InChI=1S/C11H7Cl2F2NO2S2/c1-16(8-3-2-6(14)4-7(8)15)20(17,18)9-5-10(12)19-11(9)13/h2-5H,1H3. The van der Waals surface area contributed by atoms with Gasteiger partial charge in [-0.2, -0.15) is 0 Å². The highest BCUT2D eigenvalue weighted by molar-refractivity contribution is 7.93. The second-order valence-corrected chi connectivity index (χ2v) is 7.98. The van der Waals surface area contributed by atoms with Gasteiger partial charge in [0.2, 0.25) is 0 Å². The summed E-state index contributed by atoms with van der Waals surface area (Å²) < 4.78 is 52.0. The molecule has 3 nitrogen and oxygen atoms in total. The molecule has 2 rings (SSSR count). The maximum Gasteiger partial charge on any atom is 0.266 e. The maximum atomic E-state index is 13.7. The summed E-state index contributed by atoms with van der Waals surface area (Å²) in [6, 6.07) is 3.78. The van der Waals surface area contributed by atoms with E-state index in [9.17, 15) is 17.2 Å². The van der Waals surface area contributed by atoms with Crippen LogP contribution in [-0.4, -0.2) is 15.5 Å². The molecule has 0 saturated carbocycles. The van der Waals surface area contributed by atoms with Crippen molar-refractivity contribution in [2.75, 3.05) is 11.4 Å². The molecule has 0 bridgehead atoms. The summed E-state index contributed by atoms with van der Waals surface area (Å²) in [7, 11) is -2.93. The summed E-state index contributed by atoms with van der Waals surface area (Å²) in [5.74, 6) is -1.79. The Labute approximate surface area is 128 Å². The Kier molecular flexibility index (Phi) is 4.24. The minimum absolute atomic E-state index is 0.0237. The molecule has 0 aliphatic rings. The molecule has 1 aromatic carbocycles. The third-order valence-corrected chi connectivity index (χ3v) is 6.04. The van der Waals surface area contributed by atoms with Gasteiger partial charge in [0.25, 0.3) is 10.0 Å². The summed E-state index contributed by atoms with van der Waals surface area (Å²) in [5.41, 5.74) is -0.287. The van der Waals surface area contributed by atoms with Crippen molar-refractivity contribution in [2.24, 2.45) is 0 Å². The van der Waals surface area contributed by atoms with Crippen LogP contribution in [0.1, 0.15) is 0 Å². The van der Waals surface area contributed by atoms with Gasteiger partial charge in [0.15, 0.2) is 0 Å². The first-order valence-electron chi connectivity index (χ1n) is 5.12. The Balaban J connectivity index is 2.51. The molecule has 0 spiro atoms. The smallest absolute Gasteiger partial charge is 0.266 e.